The fourth-order valence-electron chi connectivity index (χ4n) is 2.58. The number of fused-ring (bicyclic) bond motifs is 1. The summed E-state index contributed by atoms with van der Waals surface area (Å²) in [6.07, 6.45) is 1.26. The number of aryl methyl sites for hydroxylation is 1. The molecular formula is C13H13N3O5. The number of aliphatic carboxylic acids is 1. The van der Waals surface area contributed by atoms with Gasteiger partial charge in [0, 0.05) is 19.0 Å². The van der Waals surface area contributed by atoms with Gasteiger partial charge in [-0.05, 0) is 6.92 Å². The van der Waals surface area contributed by atoms with E-state index in [0.717, 1.165) is 0 Å². The van der Waals surface area contributed by atoms with Gasteiger partial charge in [-0.1, -0.05) is 0 Å². The fourth-order valence-corrected chi connectivity index (χ4v) is 2.58. The zero-order valence-electron chi connectivity index (χ0n) is 11.3. The molecule has 0 radical (unpaired) electrons. The van der Waals surface area contributed by atoms with Gasteiger partial charge in [0.15, 0.2) is 0 Å². The van der Waals surface area contributed by atoms with Gasteiger partial charge >= 0.3 is 5.97 Å². The number of carbonyl (C=O) groups is 2. The summed E-state index contributed by atoms with van der Waals surface area (Å²) in [5.41, 5.74) is -0.0989. The number of aromatic nitrogens is 2. The Morgan fingerprint density at radius 1 is 1.52 bits per heavy atom. The van der Waals surface area contributed by atoms with Crippen LogP contribution >= 0.6 is 0 Å². The second-order valence-electron chi connectivity index (χ2n) is 5.12. The summed E-state index contributed by atoms with van der Waals surface area (Å²) in [4.78, 5) is 42.7. The number of hydrogen-bond donors (Lipinski definition) is 2. The molecule has 0 atom stereocenters. The number of carboxylic acid groups (broad SMARTS) is 1. The molecule has 0 spiro atoms. The van der Waals surface area contributed by atoms with Crippen molar-refractivity contribution in [3.63, 3.8) is 0 Å². The Labute approximate surface area is 118 Å². The maximum atomic E-state index is 12.4. The quantitative estimate of drug-likeness (QED) is 0.844. The Kier molecular flexibility index (Phi) is 3.00. The summed E-state index contributed by atoms with van der Waals surface area (Å²) < 4.78 is 5.34. The van der Waals surface area contributed by atoms with Crippen molar-refractivity contribution in [2.75, 3.05) is 13.1 Å². The lowest BCUT2D eigenvalue weighted by Gasteiger charge is -2.38. The molecular weight excluding hydrogens is 278 g/mol. The van der Waals surface area contributed by atoms with E-state index in [1.807, 2.05) is 0 Å². The van der Waals surface area contributed by atoms with Crippen LogP contribution in [-0.2, 0) is 4.79 Å². The van der Waals surface area contributed by atoms with Crippen LogP contribution in [0.3, 0.4) is 0 Å². The van der Waals surface area contributed by atoms with Crippen molar-refractivity contribution in [1.82, 2.24) is 14.9 Å². The van der Waals surface area contributed by atoms with Crippen molar-refractivity contribution >= 4 is 23.0 Å². The van der Waals surface area contributed by atoms with Crippen LogP contribution in [0.2, 0.25) is 0 Å². The van der Waals surface area contributed by atoms with Gasteiger partial charge in [0.05, 0.1) is 18.3 Å². The number of rotatable bonds is 3. The van der Waals surface area contributed by atoms with Gasteiger partial charge in [0.2, 0.25) is 5.71 Å². The lowest BCUT2D eigenvalue weighted by atomic mass is 9.95. The van der Waals surface area contributed by atoms with Crippen LogP contribution in [0.1, 0.15) is 22.5 Å². The molecule has 0 aliphatic carbocycles. The second-order valence-corrected chi connectivity index (χ2v) is 5.12. The number of carbonyl (C=O) groups excluding carboxylic acids is 1. The number of hydrogen-bond acceptors (Lipinski definition) is 5. The van der Waals surface area contributed by atoms with Gasteiger partial charge in [0.25, 0.3) is 11.5 Å². The molecule has 1 aliphatic heterocycles. The van der Waals surface area contributed by atoms with Crippen LogP contribution in [0, 0.1) is 12.8 Å². The van der Waals surface area contributed by atoms with E-state index in [9.17, 15) is 14.4 Å². The Bertz CT molecular complexity index is 785. The third-order valence-electron chi connectivity index (χ3n) is 3.59. The van der Waals surface area contributed by atoms with E-state index in [-0.39, 0.29) is 34.9 Å². The zero-order chi connectivity index (χ0) is 15.1. The van der Waals surface area contributed by atoms with E-state index >= 15 is 0 Å². The van der Waals surface area contributed by atoms with E-state index < -0.39 is 11.5 Å². The highest BCUT2D eigenvalue weighted by atomic mass is 16.4. The van der Waals surface area contributed by atoms with Crippen LogP contribution < -0.4 is 5.56 Å². The van der Waals surface area contributed by atoms with Crippen molar-refractivity contribution in [3.8, 4) is 0 Å². The topological polar surface area (TPSA) is 117 Å². The maximum absolute atomic E-state index is 12.4. The van der Waals surface area contributed by atoms with Gasteiger partial charge in [-0.2, -0.15) is 0 Å². The predicted octanol–water partition coefficient (Wildman–Crippen LogP) is 0.371. The van der Waals surface area contributed by atoms with E-state index in [1.165, 1.54) is 11.2 Å². The van der Waals surface area contributed by atoms with Crippen molar-refractivity contribution in [2.45, 2.75) is 13.3 Å². The fraction of sp³-hybridized carbons (Fsp3) is 0.385. The van der Waals surface area contributed by atoms with Gasteiger partial charge in [-0.3, -0.25) is 14.4 Å². The molecule has 3 rings (SSSR count). The largest absolute Gasteiger partial charge is 0.481 e. The van der Waals surface area contributed by atoms with Gasteiger partial charge < -0.3 is 19.4 Å². The van der Waals surface area contributed by atoms with Gasteiger partial charge in [0.1, 0.15) is 11.1 Å². The number of furan rings is 1. The first kappa shape index (κ1) is 13.3. The summed E-state index contributed by atoms with van der Waals surface area (Å²) in [7, 11) is 0. The molecule has 0 saturated carbocycles. The second kappa shape index (κ2) is 4.72. The van der Waals surface area contributed by atoms with Crippen LogP contribution in [-0.4, -0.2) is 44.9 Å². The average molecular weight is 291 g/mol. The van der Waals surface area contributed by atoms with E-state index in [0.29, 0.717) is 18.8 Å². The molecule has 1 aliphatic rings. The summed E-state index contributed by atoms with van der Waals surface area (Å²) in [6, 6.07) is 0. The minimum Gasteiger partial charge on any atom is -0.481 e. The number of amides is 1. The maximum Gasteiger partial charge on any atom is 0.303 e. The first-order valence-corrected chi connectivity index (χ1v) is 6.45. The molecule has 2 aromatic heterocycles. The standard InChI is InChI=1S/C13H13N3O5/c1-6-9(10-11(19)14-5-15-12(10)21-6)13(20)16-3-7(4-16)2-8(17)18/h5,7H,2-4H2,1H3,(H,17,18)(H,14,15,19). The SMILES string of the molecule is Cc1oc2nc[nH]c(=O)c2c1C(=O)N1CC(CC(=O)O)C1. The Hall–Kier alpha value is -2.64. The highest BCUT2D eigenvalue weighted by Gasteiger charge is 2.35. The molecule has 21 heavy (non-hydrogen) atoms. The molecule has 1 fully saturated rings. The molecule has 0 bridgehead atoms. The highest BCUT2D eigenvalue weighted by Crippen LogP contribution is 2.26. The van der Waals surface area contributed by atoms with Gasteiger partial charge in [-0.15, -0.1) is 0 Å². The molecule has 8 nitrogen and oxygen atoms in total. The number of carboxylic acids is 1. The first-order valence-electron chi connectivity index (χ1n) is 6.45. The molecule has 0 unspecified atom stereocenters. The molecule has 1 amide bonds. The van der Waals surface area contributed by atoms with E-state index in [4.69, 9.17) is 9.52 Å². The third kappa shape index (κ3) is 2.18. The smallest absolute Gasteiger partial charge is 0.303 e. The Morgan fingerprint density at radius 3 is 2.90 bits per heavy atom. The van der Waals surface area contributed by atoms with Crippen molar-refractivity contribution in [1.29, 1.82) is 0 Å². The number of nitrogens with zero attached hydrogens (tertiary/aromatic N) is 2. The Balaban J connectivity index is 1.88. The lowest BCUT2D eigenvalue weighted by Crippen LogP contribution is -2.50. The van der Waals surface area contributed by atoms with Gasteiger partial charge in [-0.25, -0.2) is 4.98 Å². The molecule has 8 heteroatoms. The van der Waals surface area contributed by atoms with Crippen LogP contribution in [0.4, 0.5) is 0 Å². The third-order valence-corrected chi connectivity index (χ3v) is 3.59. The van der Waals surface area contributed by atoms with Crippen LogP contribution in [0.25, 0.3) is 11.1 Å². The van der Waals surface area contributed by atoms with Crippen LogP contribution in [0.15, 0.2) is 15.5 Å². The number of H-pyrrole nitrogens is 1. The minimum absolute atomic E-state index is 0.0387. The zero-order valence-corrected chi connectivity index (χ0v) is 11.3. The molecule has 2 N–H and O–H groups in total. The monoisotopic (exact) mass is 291 g/mol. The number of nitrogens with one attached hydrogen (secondary N) is 1. The minimum atomic E-state index is -0.877. The first-order chi connectivity index (χ1) is 9.97. The molecule has 2 aromatic rings. The summed E-state index contributed by atoms with van der Waals surface area (Å²) in [5, 5.41) is 8.85. The average Bonchev–Trinajstić information content (AvgIpc) is 2.70. The van der Waals surface area contributed by atoms with Crippen LogP contribution in [0.5, 0.6) is 0 Å². The molecule has 0 aromatic carbocycles. The van der Waals surface area contributed by atoms with Crippen molar-refractivity contribution in [2.24, 2.45) is 5.92 Å². The molecule has 1 saturated heterocycles. The summed E-state index contributed by atoms with van der Waals surface area (Å²) >= 11 is 0. The lowest BCUT2D eigenvalue weighted by molar-refractivity contribution is -0.139. The van der Waals surface area contributed by atoms with E-state index in [1.54, 1.807) is 6.92 Å². The number of aromatic amines is 1. The van der Waals surface area contributed by atoms with E-state index in [2.05, 4.69) is 9.97 Å². The predicted molar refractivity (Wildman–Crippen MR) is 71.0 cm³/mol. The summed E-state index contributed by atoms with van der Waals surface area (Å²) in [6.45, 7) is 2.34. The normalized spacial score (nSPS) is 15.2. The van der Waals surface area contributed by atoms with Crippen molar-refractivity contribution < 1.29 is 19.1 Å². The summed E-state index contributed by atoms with van der Waals surface area (Å²) in [5.74, 6) is -0.911. The Morgan fingerprint density at radius 2 is 2.24 bits per heavy atom. The number of likely N-dealkylation sites (tertiary alicyclic amines) is 1. The van der Waals surface area contributed by atoms with Crippen molar-refractivity contribution in [3.05, 3.63) is 28.0 Å². The highest BCUT2D eigenvalue weighted by molar-refractivity contribution is 6.06. The molecule has 3 heterocycles. The molecule has 110 valence electrons.